The topological polar surface area (TPSA) is 42.2 Å². The number of aromatic nitrogens is 2. The molecule has 0 bridgehead atoms. The summed E-state index contributed by atoms with van der Waals surface area (Å²) in [5.41, 5.74) is 4.31. The Hall–Kier alpha value is -2.01. The highest BCUT2D eigenvalue weighted by atomic mass is 32.2. The summed E-state index contributed by atoms with van der Waals surface area (Å²) < 4.78 is 5.96. The highest BCUT2D eigenvalue weighted by Gasteiger charge is 2.22. The van der Waals surface area contributed by atoms with E-state index in [-0.39, 0.29) is 0 Å². The van der Waals surface area contributed by atoms with Gasteiger partial charge in [0.25, 0.3) is 0 Å². The standard InChI is InChI=1S/C17H19N3OS/c1-11(22-4)16-15(20(2)3)9-21-17(16)12-6-5-7-14-13(12)8-18-10-19-14/h5-11H,1-4H3. The smallest absolute Gasteiger partial charge is 0.141 e. The number of thioether (sulfide) groups is 1. The molecule has 2 aromatic heterocycles. The molecule has 22 heavy (non-hydrogen) atoms. The van der Waals surface area contributed by atoms with Crippen LogP contribution >= 0.6 is 11.8 Å². The Balaban J connectivity index is 2.27. The van der Waals surface area contributed by atoms with Crippen LogP contribution < -0.4 is 4.90 Å². The minimum Gasteiger partial charge on any atom is -0.462 e. The predicted molar refractivity (Wildman–Crippen MR) is 93.5 cm³/mol. The molecule has 0 spiro atoms. The summed E-state index contributed by atoms with van der Waals surface area (Å²) in [6, 6.07) is 6.07. The highest BCUT2D eigenvalue weighted by Crippen LogP contribution is 2.43. The van der Waals surface area contributed by atoms with E-state index in [2.05, 4.69) is 34.1 Å². The molecule has 1 aromatic carbocycles. The number of hydrogen-bond acceptors (Lipinski definition) is 5. The molecule has 3 aromatic rings. The van der Waals surface area contributed by atoms with Crippen molar-refractivity contribution in [2.75, 3.05) is 25.3 Å². The fraction of sp³-hybridized carbons (Fsp3) is 0.294. The zero-order valence-corrected chi connectivity index (χ0v) is 14.0. The molecule has 114 valence electrons. The molecule has 0 aliphatic carbocycles. The van der Waals surface area contributed by atoms with Gasteiger partial charge in [-0.1, -0.05) is 12.1 Å². The average Bonchev–Trinajstić information content (AvgIpc) is 2.98. The van der Waals surface area contributed by atoms with E-state index in [1.165, 1.54) is 5.56 Å². The van der Waals surface area contributed by atoms with Crippen molar-refractivity contribution in [1.29, 1.82) is 0 Å². The van der Waals surface area contributed by atoms with Gasteiger partial charge < -0.3 is 9.32 Å². The summed E-state index contributed by atoms with van der Waals surface area (Å²) in [6.45, 7) is 2.20. The molecular formula is C17H19N3OS. The Morgan fingerprint density at radius 1 is 1.27 bits per heavy atom. The normalized spacial score (nSPS) is 12.5. The van der Waals surface area contributed by atoms with Gasteiger partial charge in [-0.2, -0.15) is 11.8 Å². The Morgan fingerprint density at radius 2 is 2.09 bits per heavy atom. The van der Waals surface area contributed by atoms with E-state index in [1.54, 1.807) is 6.33 Å². The minimum atomic E-state index is 0.339. The van der Waals surface area contributed by atoms with Crippen molar-refractivity contribution in [2.24, 2.45) is 0 Å². The number of hydrogen-bond donors (Lipinski definition) is 0. The third kappa shape index (κ3) is 2.46. The fourth-order valence-corrected chi connectivity index (χ4v) is 3.09. The lowest BCUT2D eigenvalue weighted by Gasteiger charge is -2.17. The zero-order chi connectivity index (χ0) is 15.7. The number of furan rings is 1. The maximum absolute atomic E-state index is 5.96. The summed E-state index contributed by atoms with van der Waals surface area (Å²) in [7, 11) is 4.08. The number of fused-ring (bicyclic) bond motifs is 1. The van der Waals surface area contributed by atoms with Crippen LogP contribution in [0.25, 0.3) is 22.2 Å². The molecule has 1 atom stereocenters. The maximum Gasteiger partial charge on any atom is 0.141 e. The van der Waals surface area contributed by atoms with Gasteiger partial charge >= 0.3 is 0 Å². The Kier molecular flexibility index (Phi) is 4.07. The first-order valence-corrected chi connectivity index (χ1v) is 8.43. The lowest BCUT2D eigenvalue weighted by atomic mass is 10.0. The Bertz CT molecular complexity index is 792. The van der Waals surface area contributed by atoms with Gasteiger partial charge in [0, 0.05) is 42.1 Å². The average molecular weight is 313 g/mol. The molecule has 0 aliphatic heterocycles. The van der Waals surface area contributed by atoms with Crippen LogP contribution in [0.2, 0.25) is 0 Å². The molecule has 2 heterocycles. The second-order valence-electron chi connectivity index (χ2n) is 5.40. The van der Waals surface area contributed by atoms with E-state index in [0.29, 0.717) is 5.25 Å². The summed E-state index contributed by atoms with van der Waals surface area (Å²) in [5.74, 6) is 0.908. The zero-order valence-electron chi connectivity index (χ0n) is 13.2. The van der Waals surface area contributed by atoms with Gasteiger partial charge in [-0.15, -0.1) is 0 Å². The molecule has 0 aliphatic rings. The molecule has 0 fully saturated rings. The van der Waals surface area contributed by atoms with Crippen LogP contribution in [-0.2, 0) is 0 Å². The Morgan fingerprint density at radius 3 is 2.82 bits per heavy atom. The van der Waals surface area contributed by atoms with Crippen LogP contribution in [0.1, 0.15) is 17.7 Å². The van der Waals surface area contributed by atoms with Gasteiger partial charge in [-0.25, -0.2) is 9.97 Å². The lowest BCUT2D eigenvalue weighted by Crippen LogP contribution is -2.10. The van der Waals surface area contributed by atoms with Crippen molar-refractivity contribution in [3.8, 4) is 11.3 Å². The second-order valence-corrected chi connectivity index (χ2v) is 6.58. The second kappa shape index (κ2) is 6.01. The van der Waals surface area contributed by atoms with Gasteiger partial charge in [0.2, 0.25) is 0 Å². The molecule has 1 unspecified atom stereocenters. The van der Waals surface area contributed by atoms with E-state index in [4.69, 9.17) is 4.42 Å². The van der Waals surface area contributed by atoms with Crippen molar-refractivity contribution in [3.05, 3.63) is 42.5 Å². The van der Waals surface area contributed by atoms with Crippen molar-refractivity contribution in [3.63, 3.8) is 0 Å². The van der Waals surface area contributed by atoms with E-state index in [9.17, 15) is 0 Å². The van der Waals surface area contributed by atoms with Crippen LogP contribution in [0, 0.1) is 0 Å². The third-order valence-corrected chi connectivity index (χ3v) is 4.79. The lowest BCUT2D eigenvalue weighted by molar-refractivity contribution is 0.580. The molecule has 3 rings (SSSR count). The van der Waals surface area contributed by atoms with Gasteiger partial charge in [-0.05, 0) is 19.2 Å². The monoisotopic (exact) mass is 313 g/mol. The quantitative estimate of drug-likeness (QED) is 0.715. The van der Waals surface area contributed by atoms with E-state index in [0.717, 1.165) is 27.9 Å². The van der Waals surface area contributed by atoms with Crippen LogP contribution in [0.4, 0.5) is 5.69 Å². The molecule has 0 saturated carbocycles. The number of rotatable bonds is 4. The fourth-order valence-electron chi connectivity index (χ4n) is 2.63. The highest BCUT2D eigenvalue weighted by molar-refractivity contribution is 7.98. The first-order chi connectivity index (χ1) is 10.6. The SMILES string of the molecule is CSC(C)c1c(N(C)C)coc1-c1cccc2ncncc12. The molecule has 5 heteroatoms. The van der Waals surface area contributed by atoms with Crippen LogP contribution in [-0.4, -0.2) is 30.3 Å². The molecule has 0 N–H and O–H groups in total. The molecule has 0 radical (unpaired) electrons. The van der Waals surface area contributed by atoms with Crippen molar-refractivity contribution < 1.29 is 4.42 Å². The summed E-state index contributed by atoms with van der Waals surface area (Å²) in [4.78, 5) is 10.6. The minimum absolute atomic E-state index is 0.339. The van der Waals surface area contributed by atoms with Crippen LogP contribution in [0.5, 0.6) is 0 Å². The maximum atomic E-state index is 5.96. The molecule has 4 nitrogen and oxygen atoms in total. The first kappa shape index (κ1) is 14.9. The van der Waals surface area contributed by atoms with Crippen molar-refractivity contribution in [1.82, 2.24) is 9.97 Å². The Labute approximate surface area is 134 Å². The third-order valence-electron chi connectivity index (χ3n) is 3.85. The van der Waals surface area contributed by atoms with E-state index < -0.39 is 0 Å². The van der Waals surface area contributed by atoms with Crippen molar-refractivity contribution in [2.45, 2.75) is 12.2 Å². The van der Waals surface area contributed by atoms with Crippen LogP contribution in [0.15, 0.2) is 41.4 Å². The largest absolute Gasteiger partial charge is 0.462 e. The first-order valence-electron chi connectivity index (χ1n) is 7.14. The van der Waals surface area contributed by atoms with Gasteiger partial charge in [0.1, 0.15) is 18.4 Å². The summed E-state index contributed by atoms with van der Waals surface area (Å²) in [6.07, 6.45) is 7.38. The van der Waals surface area contributed by atoms with E-state index >= 15 is 0 Å². The van der Waals surface area contributed by atoms with Crippen LogP contribution in [0.3, 0.4) is 0 Å². The summed E-state index contributed by atoms with van der Waals surface area (Å²) >= 11 is 1.81. The predicted octanol–water partition coefficient (Wildman–Crippen LogP) is 4.38. The van der Waals surface area contributed by atoms with Gasteiger partial charge in [0.15, 0.2) is 0 Å². The van der Waals surface area contributed by atoms with Gasteiger partial charge in [-0.3, -0.25) is 0 Å². The number of anilines is 1. The van der Waals surface area contributed by atoms with Crippen molar-refractivity contribution >= 4 is 28.4 Å². The molecule has 0 saturated heterocycles. The number of nitrogens with zero attached hydrogens (tertiary/aromatic N) is 3. The van der Waals surface area contributed by atoms with E-state index in [1.807, 2.05) is 50.4 Å². The molecule has 0 amide bonds. The van der Waals surface area contributed by atoms with Gasteiger partial charge in [0.05, 0.1) is 11.2 Å². The molecular weight excluding hydrogens is 294 g/mol. The summed E-state index contributed by atoms with van der Waals surface area (Å²) in [5, 5.41) is 1.35. The number of benzene rings is 1.